The first kappa shape index (κ1) is 22.8. The smallest absolute Gasteiger partial charge is 0.251 e. The average molecular weight is 431 g/mol. The summed E-state index contributed by atoms with van der Waals surface area (Å²) < 4.78 is 5.14. The van der Waals surface area contributed by atoms with Crippen LogP contribution in [0.3, 0.4) is 0 Å². The summed E-state index contributed by atoms with van der Waals surface area (Å²) in [7, 11) is 1.50. The summed E-state index contributed by atoms with van der Waals surface area (Å²) in [4.78, 5) is 36.5. The summed E-state index contributed by atoms with van der Waals surface area (Å²) in [6, 6.07) is 14.8. The molecule has 2 aromatic rings. The molecule has 0 spiro atoms. The SMILES string of the molecule is C#CCCCNC(=O)c1ccc(-c2ccc(NC(=O)C3CC(=O)C=C(OC)C3)cc2)cc1. The van der Waals surface area contributed by atoms with Gasteiger partial charge in [-0.1, -0.05) is 24.3 Å². The Balaban J connectivity index is 1.58. The number of nitrogens with one attached hydrogen (secondary N) is 2. The van der Waals surface area contributed by atoms with E-state index in [9.17, 15) is 14.4 Å². The molecule has 0 heterocycles. The molecule has 0 aliphatic heterocycles. The van der Waals surface area contributed by atoms with Gasteiger partial charge in [0.15, 0.2) is 5.78 Å². The number of carbonyl (C=O) groups is 3. The summed E-state index contributed by atoms with van der Waals surface area (Å²) in [6.45, 7) is 0.552. The van der Waals surface area contributed by atoms with E-state index >= 15 is 0 Å². The molecule has 0 bridgehead atoms. The van der Waals surface area contributed by atoms with Crippen LogP contribution >= 0.6 is 0 Å². The number of anilines is 1. The Kier molecular flexibility index (Phi) is 7.82. The van der Waals surface area contributed by atoms with Crippen LogP contribution in [0.5, 0.6) is 0 Å². The minimum Gasteiger partial charge on any atom is -0.501 e. The Morgan fingerprint density at radius 1 is 1.06 bits per heavy atom. The summed E-state index contributed by atoms with van der Waals surface area (Å²) >= 11 is 0. The first-order valence-electron chi connectivity index (χ1n) is 10.5. The zero-order valence-electron chi connectivity index (χ0n) is 18.0. The molecule has 0 saturated carbocycles. The highest BCUT2D eigenvalue weighted by molar-refractivity contribution is 6.00. The Labute approximate surface area is 188 Å². The number of ether oxygens (including phenoxy) is 1. The van der Waals surface area contributed by atoms with Crippen LogP contribution in [0.4, 0.5) is 5.69 Å². The van der Waals surface area contributed by atoms with Crippen molar-refractivity contribution in [2.75, 3.05) is 19.0 Å². The quantitative estimate of drug-likeness (QED) is 0.491. The summed E-state index contributed by atoms with van der Waals surface area (Å²) in [5.74, 6) is 2.21. The lowest BCUT2D eigenvalue weighted by Gasteiger charge is -2.20. The first-order valence-corrected chi connectivity index (χ1v) is 10.5. The molecule has 2 amide bonds. The molecule has 32 heavy (non-hydrogen) atoms. The molecule has 1 aliphatic carbocycles. The minimum absolute atomic E-state index is 0.103. The van der Waals surface area contributed by atoms with E-state index in [2.05, 4.69) is 16.6 Å². The van der Waals surface area contributed by atoms with Crippen LogP contribution in [0.25, 0.3) is 11.1 Å². The number of carbonyl (C=O) groups excluding carboxylic acids is 3. The van der Waals surface area contributed by atoms with Gasteiger partial charge in [0.2, 0.25) is 5.91 Å². The van der Waals surface area contributed by atoms with Crippen molar-refractivity contribution in [3.05, 3.63) is 65.9 Å². The van der Waals surface area contributed by atoms with Crippen LogP contribution in [-0.2, 0) is 14.3 Å². The molecule has 3 rings (SSSR count). The van der Waals surface area contributed by atoms with E-state index in [4.69, 9.17) is 11.2 Å². The van der Waals surface area contributed by atoms with Gasteiger partial charge in [0.05, 0.1) is 18.8 Å². The maximum absolute atomic E-state index is 12.5. The summed E-state index contributed by atoms with van der Waals surface area (Å²) in [5.41, 5.74) is 3.16. The predicted octanol–water partition coefficient (Wildman–Crippen LogP) is 3.94. The molecule has 0 saturated heterocycles. The van der Waals surface area contributed by atoms with Gasteiger partial charge in [-0.05, 0) is 41.8 Å². The fourth-order valence-corrected chi connectivity index (χ4v) is 3.48. The van der Waals surface area contributed by atoms with Gasteiger partial charge in [-0.25, -0.2) is 0 Å². The van der Waals surface area contributed by atoms with Crippen molar-refractivity contribution in [3.8, 4) is 23.5 Å². The zero-order chi connectivity index (χ0) is 22.9. The normalized spacial score (nSPS) is 15.3. The van der Waals surface area contributed by atoms with Gasteiger partial charge in [-0.15, -0.1) is 12.3 Å². The fraction of sp³-hybridized carbons (Fsp3) is 0.269. The number of terminal acetylenes is 1. The lowest BCUT2D eigenvalue weighted by molar-refractivity contribution is -0.125. The van der Waals surface area contributed by atoms with Crippen molar-refractivity contribution in [2.45, 2.75) is 25.7 Å². The van der Waals surface area contributed by atoms with E-state index in [-0.39, 0.29) is 24.0 Å². The monoisotopic (exact) mass is 430 g/mol. The van der Waals surface area contributed by atoms with E-state index in [0.29, 0.717) is 36.4 Å². The minimum atomic E-state index is -0.438. The van der Waals surface area contributed by atoms with Gasteiger partial charge >= 0.3 is 0 Å². The van der Waals surface area contributed by atoms with E-state index in [0.717, 1.165) is 17.5 Å². The third-order valence-corrected chi connectivity index (χ3v) is 5.27. The summed E-state index contributed by atoms with van der Waals surface area (Å²) in [5, 5.41) is 5.72. The Hall–Kier alpha value is -3.85. The van der Waals surface area contributed by atoms with Gasteiger partial charge in [0.1, 0.15) is 0 Å². The molecule has 6 nitrogen and oxygen atoms in total. The van der Waals surface area contributed by atoms with E-state index in [1.807, 2.05) is 36.4 Å². The van der Waals surface area contributed by atoms with Crippen molar-refractivity contribution in [1.29, 1.82) is 0 Å². The number of rotatable bonds is 8. The fourth-order valence-electron chi connectivity index (χ4n) is 3.48. The third kappa shape index (κ3) is 6.08. The highest BCUT2D eigenvalue weighted by Gasteiger charge is 2.27. The standard InChI is InChI=1S/C26H26N2O4/c1-3-4-5-14-27-25(30)20-8-6-18(7-9-20)19-10-12-22(13-11-19)28-26(31)21-15-23(29)17-24(16-21)32-2/h1,6-13,17,21H,4-5,14-16H2,2H3,(H,27,30)(H,28,31). The molecule has 1 aliphatic rings. The molecular weight excluding hydrogens is 404 g/mol. The van der Waals surface area contributed by atoms with Crippen LogP contribution < -0.4 is 10.6 Å². The number of ketones is 1. The average Bonchev–Trinajstić information content (AvgIpc) is 2.82. The lowest BCUT2D eigenvalue weighted by Crippen LogP contribution is -2.28. The van der Waals surface area contributed by atoms with Crippen molar-refractivity contribution < 1.29 is 19.1 Å². The largest absolute Gasteiger partial charge is 0.501 e. The van der Waals surface area contributed by atoms with Gasteiger partial charge in [-0.2, -0.15) is 0 Å². The molecular formula is C26H26N2O4. The van der Waals surface area contributed by atoms with Gasteiger partial charge in [0, 0.05) is 43.1 Å². The molecule has 1 atom stereocenters. The van der Waals surface area contributed by atoms with Crippen LogP contribution in [0, 0.1) is 18.3 Å². The number of unbranched alkanes of at least 4 members (excludes halogenated alkanes) is 1. The lowest BCUT2D eigenvalue weighted by atomic mass is 9.91. The van der Waals surface area contributed by atoms with E-state index in [1.54, 1.807) is 12.1 Å². The molecule has 2 aromatic carbocycles. The van der Waals surface area contributed by atoms with Crippen LogP contribution in [0.15, 0.2) is 60.4 Å². The molecule has 0 aromatic heterocycles. The van der Waals surface area contributed by atoms with Gasteiger partial charge in [0.25, 0.3) is 5.91 Å². The van der Waals surface area contributed by atoms with Gasteiger partial charge < -0.3 is 15.4 Å². The molecule has 164 valence electrons. The van der Waals surface area contributed by atoms with Crippen molar-refractivity contribution in [1.82, 2.24) is 5.32 Å². The van der Waals surface area contributed by atoms with E-state index in [1.165, 1.54) is 13.2 Å². The van der Waals surface area contributed by atoms with Crippen LogP contribution in [0.1, 0.15) is 36.0 Å². The topological polar surface area (TPSA) is 84.5 Å². The van der Waals surface area contributed by atoms with Crippen molar-refractivity contribution in [3.63, 3.8) is 0 Å². The number of allylic oxidation sites excluding steroid dienone is 2. The Morgan fingerprint density at radius 3 is 2.34 bits per heavy atom. The third-order valence-electron chi connectivity index (χ3n) is 5.27. The highest BCUT2D eigenvalue weighted by Crippen LogP contribution is 2.25. The van der Waals surface area contributed by atoms with Crippen molar-refractivity contribution >= 4 is 23.3 Å². The Bertz CT molecular complexity index is 1050. The number of hydrogen-bond donors (Lipinski definition) is 2. The van der Waals surface area contributed by atoms with Crippen LogP contribution in [-0.4, -0.2) is 31.3 Å². The maximum Gasteiger partial charge on any atom is 0.251 e. The molecule has 1 unspecified atom stereocenters. The number of methoxy groups -OCH3 is 1. The molecule has 0 radical (unpaired) electrons. The van der Waals surface area contributed by atoms with Gasteiger partial charge in [-0.3, -0.25) is 14.4 Å². The second-order valence-electron chi connectivity index (χ2n) is 7.59. The molecule has 0 fully saturated rings. The highest BCUT2D eigenvalue weighted by atomic mass is 16.5. The number of amides is 2. The second kappa shape index (κ2) is 11.0. The van der Waals surface area contributed by atoms with Crippen molar-refractivity contribution in [2.24, 2.45) is 5.92 Å². The number of hydrogen-bond acceptors (Lipinski definition) is 4. The number of benzene rings is 2. The zero-order valence-corrected chi connectivity index (χ0v) is 18.0. The summed E-state index contributed by atoms with van der Waals surface area (Å²) in [6.07, 6.45) is 8.65. The van der Waals surface area contributed by atoms with Crippen LogP contribution in [0.2, 0.25) is 0 Å². The predicted molar refractivity (Wildman–Crippen MR) is 124 cm³/mol. The molecule has 6 heteroatoms. The Morgan fingerprint density at radius 2 is 1.72 bits per heavy atom. The van der Waals surface area contributed by atoms with E-state index < -0.39 is 5.92 Å². The first-order chi connectivity index (χ1) is 15.5. The molecule has 2 N–H and O–H groups in total. The second-order valence-corrected chi connectivity index (χ2v) is 7.59. The maximum atomic E-state index is 12.5.